The van der Waals surface area contributed by atoms with E-state index in [1.54, 1.807) is 35.8 Å². The zero-order chi connectivity index (χ0) is 17.9. The normalized spacial score (nSPS) is 17.8. The predicted octanol–water partition coefficient (Wildman–Crippen LogP) is 1.43. The summed E-state index contributed by atoms with van der Waals surface area (Å²) in [5.41, 5.74) is 7.59. The fourth-order valence-electron chi connectivity index (χ4n) is 3.09. The van der Waals surface area contributed by atoms with Crippen LogP contribution in [0, 0.1) is 0 Å². The van der Waals surface area contributed by atoms with Crippen LogP contribution in [-0.4, -0.2) is 46.7 Å². The largest absolute Gasteiger partial charge is 0.400 e. The van der Waals surface area contributed by atoms with Crippen LogP contribution in [0.4, 0.5) is 17.3 Å². The van der Waals surface area contributed by atoms with Gasteiger partial charge in [0.2, 0.25) is 0 Å². The van der Waals surface area contributed by atoms with E-state index in [-0.39, 0.29) is 5.91 Å². The van der Waals surface area contributed by atoms with Gasteiger partial charge in [0.25, 0.3) is 5.91 Å². The minimum absolute atomic E-state index is 0.194. The Morgan fingerprint density at radius 3 is 2.69 bits per heavy atom. The van der Waals surface area contributed by atoms with Crippen LogP contribution in [-0.2, 0) is 4.79 Å². The lowest BCUT2D eigenvalue weighted by molar-refractivity contribution is -0.114. The Balaban J connectivity index is 1.48. The molecule has 2 aliphatic rings. The number of nitrogens with zero attached hydrogens (tertiary/aromatic N) is 6. The van der Waals surface area contributed by atoms with Gasteiger partial charge in [-0.25, -0.2) is 15.0 Å². The summed E-state index contributed by atoms with van der Waals surface area (Å²) in [6.07, 6.45) is 10.5. The Bertz CT molecular complexity index is 855. The number of nitrogens with two attached hydrogens (primary N) is 1. The SMILES string of the molecule is NC1=C(C=Nc2cnc(N3CCCC3)cn2)C(=O)N(c2cccnc2)C1. The second-order valence-corrected chi connectivity index (χ2v) is 6.23. The van der Waals surface area contributed by atoms with Gasteiger partial charge < -0.3 is 15.5 Å². The van der Waals surface area contributed by atoms with Crippen LogP contribution in [0.1, 0.15) is 12.8 Å². The Kier molecular flexibility index (Phi) is 4.30. The van der Waals surface area contributed by atoms with Crippen LogP contribution in [0.3, 0.4) is 0 Å². The van der Waals surface area contributed by atoms with E-state index in [1.807, 2.05) is 6.07 Å². The number of amides is 1. The number of hydrogen-bond donors (Lipinski definition) is 1. The Morgan fingerprint density at radius 2 is 2.00 bits per heavy atom. The van der Waals surface area contributed by atoms with Gasteiger partial charge in [-0.05, 0) is 25.0 Å². The van der Waals surface area contributed by atoms with Crippen molar-refractivity contribution in [1.82, 2.24) is 15.0 Å². The molecule has 8 heteroatoms. The molecule has 0 bridgehead atoms. The van der Waals surface area contributed by atoms with Gasteiger partial charge in [0, 0.05) is 31.2 Å². The molecule has 2 aromatic heterocycles. The van der Waals surface area contributed by atoms with Gasteiger partial charge in [-0.1, -0.05) is 0 Å². The van der Waals surface area contributed by atoms with Crippen LogP contribution >= 0.6 is 0 Å². The van der Waals surface area contributed by atoms with E-state index in [0.29, 0.717) is 29.3 Å². The van der Waals surface area contributed by atoms with Crippen LogP contribution < -0.4 is 15.5 Å². The third kappa shape index (κ3) is 3.13. The monoisotopic (exact) mass is 349 g/mol. The van der Waals surface area contributed by atoms with E-state index in [1.165, 1.54) is 19.1 Å². The van der Waals surface area contributed by atoms with Gasteiger partial charge >= 0.3 is 0 Å². The van der Waals surface area contributed by atoms with Crippen molar-refractivity contribution in [3.63, 3.8) is 0 Å². The Labute approximate surface area is 151 Å². The first-order valence-corrected chi connectivity index (χ1v) is 8.54. The minimum Gasteiger partial charge on any atom is -0.400 e. The van der Waals surface area contributed by atoms with Gasteiger partial charge in [-0.3, -0.25) is 9.78 Å². The maximum absolute atomic E-state index is 12.6. The van der Waals surface area contributed by atoms with Gasteiger partial charge in [0.15, 0.2) is 5.82 Å². The quantitative estimate of drug-likeness (QED) is 0.838. The van der Waals surface area contributed by atoms with Crippen molar-refractivity contribution < 1.29 is 4.79 Å². The smallest absolute Gasteiger partial charge is 0.262 e. The standard InChI is InChI=1S/C18H19N7O/c19-15-12-25(13-4-3-5-20-8-13)18(26)14(15)9-21-16-10-23-17(11-22-16)24-6-1-2-7-24/h3-5,8-11H,1-2,6-7,12,19H2. The van der Waals surface area contributed by atoms with Crippen LogP contribution in [0.25, 0.3) is 0 Å². The maximum Gasteiger partial charge on any atom is 0.262 e. The summed E-state index contributed by atoms with van der Waals surface area (Å²) in [5, 5.41) is 0. The fourth-order valence-corrected chi connectivity index (χ4v) is 3.09. The molecule has 1 fully saturated rings. The molecule has 4 rings (SSSR count). The molecule has 8 nitrogen and oxygen atoms in total. The zero-order valence-corrected chi connectivity index (χ0v) is 14.2. The number of carbonyl (C=O) groups is 1. The molecular formula is C18H19N7O. The van der Waals surface area contributed by atoms with Gasteiger partial charge in [0.1, 0.15) is 5.82 Å². The Morgan fingerprint density at radius 1 is 1.15 bits per heavy atom. The Hall–Kier alpha value is -3.29. The van der Waals surface area contributed by atoms with E-state index in [9.17, 15) is 4.79 Å². The summed E-state index contributed by atoms with van der Waals surface area (Å²) in [6, 6.07) is 3.60. The third-order valence-electron chi connectivity index (χ3n) is 4.49. The molecular weight excluding hydrogens is 330 g/mol. The number of rotatable bonds is 4. The lowest BCUT2D eigenvalue weighted by Gasteiger charge is -2.15. The second-order valence-electron chi connectivity index (χ2n) is 6.23. The van der Waals surface area contributed by atoms with Crippen molar-refractivity contribution in [1.29, 1.82) is 0 Å². The van der Waals surface area contributed by atoms with Gasteiger partial charge in [-0.15, -0.1) is 0 Å². The summed E-state index contributed by atoms with van der Waals surface area (Å²) in [4.78, 5) is 33.4. The molecule has 0 aromatic carbocycles. The number of hydrogen-bond acceptors (Lipinski definition) is 7. The van der Waals surface area contributed by atoms with Crippen LogP contribution in [0.5, 0.6) is 0 Å². The number of aromatic nitrogens is 3. The fraction of sp³-hybridized carbons (Fsp3) is 0.278. The lowest BCUT2D eigenvalue weighted by Crippen LogP contribution is -2.27. The highest BCUT2D eigenvalue weighted by atomic mass is 16.2. The van der Waals surface area contributed by atoms with Crippen molar-refractivity contribution >= 4 is 29.4 Å². The van der Waals surface area contributed by atoms with Crippen molar-refractivity contribution in [2.75, 3.05) is 29.4 Å². The van der Waals surface area contributed by atoms with Crippen molar-refractivity contribution in [3.05, 3.63) is 48.2 Å². The first-order chi connectivity index (χ1) is 12.7. The molecule has 1 amide bonds. The van der Waals surface area contributed by atoms with Gasteiger partial charge in [0.05, 0.1) is 36.4 Å². The highest BCUT2D eigenvalue weighted by Crippen LogP contribution is 2.23. The highest BCUT2D eigenvalue weighted by molar-refractivity contribution is 6.22. The van der Waals surface area contributed by atoms with Crippen molar-refractivity contribution in [2.24, 2.45) is 10.7 Å². The lowest BCUT2D eigenvalue weighted by atomic mass is 10.2. The number of carbonyl (C=O) groups excluding carboxylic acids is 1. The van der Waals surface area contributed by atoms with E-state index in [0.717, 1.165) is 18.9 Å². The molecule has 26 heavy (non-hydrogen) atoms. The molecule has 0 radical (unpaired) electrons. The number of pyridine rings is 1. The molecule has 2 aliphatic heterocycles. The maximum atomic E-state index is 12.6. The average Bonchev–Trinajstić information content (AvgIpc) is 3.30. The van der Waals surface area contributed by atoms with Gasteiger partial charge in [-0.2, -0.15) is 0 Å². The summed E-state index contributed by atoms with van der Waals surface area (Å²) < 4.78 is 0. The highest BCUT2D eigenvalue weighted by Gasteiger charge is 2.29. The molecule has 4 heterocycles. The molecule has 0 spiro atoms. The van der Waals surface area contributed by atoms with E-state index < -0.39 is 0 Å². The molecule has 1 saturated heterocycles. The molecule has 0 aliphatic carbocycles. The van der Waals surface area contributed by atoms with Crippen LogP contribution in [0.2, 0.25) is 0 Å². The second kappa shape index (κ2) is 6.91. The first kappa shape index (κ1) is 16.2. The zero-order valence-electron chi connectivity index (χ0n) is 14.2. The summed E-state index contributed by atoms with van der Waals surface area (Å²) in [7, 11) is 0. The van der Waals surface area contributed by atoms with E-state index in [4.69, 9.17) is 5.73 Å². The molecule has 0 saturated carbocycles. The van der Waals surface area contributed by atoms with Crippen molar-refractivity contribution in [2.45, 2.75) is 12.8 Å². The minimum atomic E-state index is -0.194. The molecule has 2 aromatic rings. The van der Waals surface area contributed by atoms with E-state index >= 15 is 0 Å². The number of anilines is 2. The third-order valence-corrected chi connectivity index (χ3v) is 4.49. The summed E-state index contributed by atoms with van der Waals surface area (Å²) >= 11 is 0. The topological polar surface area (TPSA) is 101 Å². The van der Waals surface area contributed by atoms with E-state index in [2.05, 4.69) is 24.8 Å². The predicted molar refractivity (Wildman–Crippen MR) is 99.4 cm³/mol. The first-order valence-electron chi connectivity index (χ1n) is 8.54. The molecule has 0 atom stereocenters. The summed E-state index contributed by atoms with van der Waals surface area (Å²) in [6.45, 7) is 2.35. The summed E-state index contributed by atoms with van der Waals surface area (Å²) in [5.74, 6) is 1.11. The van der Waals surface area contributed by atoms with Crippen molar-refractivity contribution in [3.8, 4) is 0 Å². The average molecular weight is 349 g/mol. The molecule has 2 N–H and O–H groups in total. The molecule has 132 valence electrons. The van der Waals surface area contributed by atoms with Crippen LogP contribution in [0.15, 0.2) is 53.2 Å². The molecule has 0 unspecified atom stereocenters. The number of aliphatic imine (C=N–C) groups is 1.